The first-order chi connectivity index (χ1) is 8.52. The summed E-state index contributed by atoms with van der Waals surface area (Å²) in [7, 11) is 0. The van der Waals surface area contributed by atoms with E-state index in [0.29, 0.717) is 23.9 Å². The van der Waals surface area contributed by atoms with Gasteiger partial charge >= 0.3 is 6.09 Å². The van der Waals surface area contributed by atoms with E-state index in [4.69, 9.17) is 5.11 Å². The molecule has 0 aromatic heterocycles. The van der Waals surface area contributed by atoms with Gasteiger partial charge in [-0.2, -0.15) is 0 Å². The molecule has 1 unspecified atom stereocenters. The van der Waals surface area contributed by atoms with Crippen LogP contribution in [0.1, 0.15) is 26.7 Å². The summed E-state index contributed by atoms with van der Waals surface area (Å²) in [6, 6.07) is 0.503. The summed E-state index contributed by atoms with van der Waals surface area (Å²) in [4.78, 5) is 13.0. The smallest absolute Gasteiger partial charge is 0.404 e. The fourth-order valence-electron chi connectivity index (χ4n) is 3.38. The molecule has 104 valence electrons. The monoisotopic (exact) mass is 255 g/mol. The van der Waals surface area contributed by atoms with Gasteiger partial charge in [0.15, 0.2) is 0 Å². The van der Waals surface area contributed by atoms with Crippen molar-refractivity contribution >= 4 is 6.09 Å². The number of nitrogens with one attached hydrogen (secondary N) is 2. The standard InChI is InChI=1S/C13H25N3O2/c1-10(2)11(3-5-15-12(17)18)16-8-13(9-16)4-6-14-7-13/h10-11,14-15H,3-9H2,1-2H3,(H,17,18). The van der Waals surface area contributed by atoms with Crippen LogP contribution < -0.4 is 10.6 Å². The van der Waals surface area contributed by atoms with Gasteiger partial charge in [0, 0.05) is 37.6 Å². The highest BCUT2D eigenvalue weighted by Gasteiger charge is 2.47. The molecule has 2 aliphatic heterocycles. The van der Waals surface area contributed by atoms with Crippen LogP contribution in [0, 0.1) is 11.3 Å². The Bertz CT molecular complexity index is 293. The molecule has 0 aliphatic carbocycles. The second-order valence-electron chi connectivity index (χ2n) is 6.16. The molecular weight excluding hydrogens is 230 g/mol. The number of rotatable bonds is 5. The van der Waals surface area contributed by atoms with Crippen LogP contribution in [-0.2, 0) is 0 Å². The summed E-state index contributed by atoms with van der Waals surface area (Å²) in [5.41, 5.74) is 0.521. The second kappa shape index (κ2) is 5.45. The Kier molecular flexibility index (Phi) is 4.12. The molecule has 2 heterocycles. The van der Waals surface area contributed by atoms with Gasteiger partial charge < -0.3 is 15.7 Å². The normalized spacial score (nSPS) is 24.2. The van der Waals surface area contributed by atoms with Crippen molar-refractivity contribution in [2.45, 2.75) is 32.7 Å². The highest BCUT2D eigenvalue weighted by atomic mass is 16.4. The maximum absolute atomic E-state index is 10.5. The van der Waals surface area contributed by atoms with E-state index >= 15 is 0 Å². The predicted molar refractivity (Wildman–Crippen MR) is 70.8 cm³/mol. The van der Waals surface area contributed by atoms with Crippen LogP contribution in [0.4, 0.5) is 4.79 Å². The average molecular weight is 255 g/mol. The Hall–Kier alpha value is -0.810. The van der Waals surface area contributed by atoms with Crippen LogP contribution in [-0.4, -0.2) is 54.9 Å². The summed E-state index contributed by atoms with van der Waals surface area (Å²) in [5.74, 6) is 0.576. The van der Waals surface area contributed by atoms with Gasteiger partial charge in [-0.1, -0.05) is 13.8 Å². The van der Waals surface area contributed by atoms with E-state index in [2.05, 4.69) is 29.4 Å². The van der Waals surface area contributed by atoms with Gasteiger partial charge in [-0.3, -0.25) is 4.90 Å². The van der Waals surface area contributed by atoms with Crippen LogP contribution in [0.25, 0.3) is 0 Å². The van der Waals surface area contributed by atoms with Crippen molar-refractivity contribution in [1.29, 1.82) is 0 Å². The number of likely N-dealkylation sites (tertiary alicyclic amines) is 1. The first kappa shape index (κ1) is 13.6. The molecule has 0 radical (unpaired) electrons. The molecule has 1 atom stereocenters. The molecule has 18 heavy (non-hydrogen) atoms. The summed E-state index contributed by atoms with van der Waals surface area (Å²) in [5, 5.41) is 14.5. The van der Waals surface area contributed by atoms with Crippen LogP contribution in [0.3, 0.4) is 0 Å². The Morgan fingerprint density at radius 2 is 2.22 bits per heavy atom. The lowest BCUT2D eigenvalue weighted by atomic mass is 9.76. The molecule has 2 saturated heterocycles. The number of carboxylic acid groups (broad SMARTS) is 1. The fourth-order valence-corrected chi connectivity index (χ4v) is 3.38. The Labute approximate surface area is 109 Å². The molecule has 5 nitrogen and oxygen atoms in total. The molecule has 2 rings (SSSR count). The molecule has 2 fully saturated rings. The van der Waals surface area contributed by atoms with Gasteiger partial charge in [0.1, 0.15) is 0 Å². The van der Waals surface area contributed by atoms with Crippen LogP contribution in [0.15, 0.2) is 0 Å². The van der Waals surface area contributed by atoms with E-state index < -0.39 is 6.09 Å². The lowest BCUT2D eigenvalue weighted by molar-refractivity contribution is -0.0341. The minimum atomic E-state index is -0.919. The van der Waals surface area contributed by atoms with Crippen molar-refractivity contribution in [3.63, 3.8) is 0 Å². The van der Waals surface area contributed by atoms with Gasteiger partial charge in [0.2, 0.25) is 0 Å². The molecule has 0 aromatic rings. The quantitative estimate of drug-likeness (QED) is 0.685. The Morgan fingerprint density at radius 1 is 1.50 bits per heavy atom. The Morgan fingerprint density at radius 3 is 2.72 bits per heavy atom. The molecule has 0 saturated carbocycles. The number of carbonyl (C=O) groups is 1. The summed E-state index contributed by atoms with van der Waals surface area (Å²) in [6.07, 6.45) is 1.28. The van der Waals surface area contributed by atoms with E-state index in [1.54, 1.807) is 0 Å². The number of amides is 1. The van der Waals surface area contributed by atoms with E-state index in [1.807, 2.05) is 0 Å². The SMILES string of the molecule is CC(C)C(CCNC(=O)O)N1CC2(CCNC2)C1. The third-order valence-electron chi connectivity index (χ3n) is 4.36. The zero-order valence-corrected chi connectivity index (χ0v) is 11.4. The van der Waals surface area contributed by atoms with E-state index in [-0.39, 0.29) is 0 Å². The third-order valence-corrected chi connectivity index (χ3v) is 4.36. The fraction of sp³-hybridized carbons (Fsp3) is 0.923. The minimum Gasteiger partial charge on any atom is -0.465 e. The molecule has 1 spiro atoms. The molecule has 0 aromatic carbocycles. The first-order valence-corrected chi connectivity index (χ1v) is 6.94. The summed E-state index contributed by atoms with van der Waals surface area (Å²) >= 11 is 0. The summed E-state index contributed by atoms with van der Waals surface area (Å²) < 4.78 is 0. The molecule has 0 bridgehead atoms. The summed E-state index contributed by atoms with van der Waals surface area (Å²) in [6.45, 7) is 9.67. The van der Waals surface area contributed by atoms with Crippen molar-refractivity contribution < 1.29 is 9.90 Å². The topological polar surface area (TPSA) is 64.6 Å². The lowest BCUT2D eigenvalue weighted by Crippen LogP contribution is -2.62. The first-order valence-electron chi connectivity index (χ1n) is 6.94. The van der Waals surface area contributed by atoms with Crippen LogP contribution in [0.5, 0.6) is 0 Å². The largest absolute Gasteiger partial charge is 0.465 e. The van der Waals surface area contributed by atoms with Crippen molar-refractivity contribution in [1.82, 2.24) is 15.5 Å². The van der Waals surface area contributed by atoms with Gasteiger partial charge in [0.05, 0.1) is 0 Å². The highest BCUT2D eigenvalue weighted by molar-refractivity contribution is 5.64. The van der Waals surface area contributed by atoms with Crippen molar-refractivity contribution in [2.75, 3.05) is 32.7 Å². The van der Waals surface area contributed by atoms with Crippen molar-refractivity contribution in [3.8, 4) is 0 Å². The van der Waals surface area contributed by atoms with Gasteiger partial charge in [-0.05, 0) is 25.3 Å². The maximum Gasteiger partial charge on any atom is 0.404 e. The van der Waals surface area contributed by atoms with Crippen molar-refractivity contribution in [2.24, 2.45) is 11.3 Å². The molecule has 1 amide bonds. The predicted octanol–water partition coefficient (Wildman–Crippen LogP) is 0.964. The van der Waals surface area contributed by atoms with Crippen molar-refractivity contribution in [3.05, 3.63) is 0 Å². The van der Waals surface area contributed by atoms with Gasteiger partial charge in [-0.15, -0.1) is 0 Å². The average Bonchev–Trinajstić information content (AvgIpc) is 2.70. The molecule has 2 aliphatic rings. The zero-order valence-electron chi connectivity index (χ0n) is 11.4. The third kappa shape index (κ3) is 2.95. The maximum atomic E-state index is 10.5. The number of hydrogen-bond donors (Lipinski definition) is 3. The highest BCUT2D eigenvalue weighted by Crippen LogP contribution is 2.38. The van der Waals surface area contributed by atoms with E-state index in [0.717, 1.165) is 19.5 Å². The molecular formula is C13H25N3O2. The lowest BCUT2D eigenvalue weighted by Gasteiger charge is -2.52. The number of nitrogens with zero attached hydrogens (tertiary/aromatic N) is 1. The van der Waals surface area contributed by atoms with Gasteiger partial charge in [0.25, 0.3) is 0 Å². The van der Waals surface area contributed by atoms with E-state index in [9.17, 15) is 4.79 Å². The second-order valence-corrected chi connectivity index (χ2v) is 6.16. The molecule has 5 heteroatoms. The van der Waals surface area contributed by atoms with Crippen LogP contribution in [0.2, 0.25) is 0 Å². The van der Waals surface area contributed by atoms with Crippen LogP contribution >= 0.6 is 0 Å². The van der Waals surface area contributed by atoms with Gasteiger partial charge in [-0.25, -0.2) is 4.79 Å². The zero-order chi connectivity index (χ0) is 13.2. The minimum absolute atomic E-state index is 0.503. The molecule has 3 N–H and O–H groups in total. The van der Waals surface area contributed by atoms with E-state index in [1.165, 1.54) is 19.5 Å². The number of hydrogen-bond acceptors (Lipinski definition) is 3. The Balaban J connectivity index is 1.78.